The maximum absolute atomic E-state index is 13.8. The number of rotatable bonds is 8. The predicted molar refractivity (Wildman–Crippen MR) is 96.0 cm³/mol. The Morgan fingerprint density at radius 2 is 2.04 bits per heavy atom. The SMILES string of the molecule is Cc1c(C(=O)NCCSSCCC(=O)O)sc2cccc(F)c12. The van der Waals surface area contributed by atoms with Crippen molar-refractivity contribution in [3.8, 4) is 0 Å². The van der Waals surface area contributed by atoms with Crippen LogP contribution in [-0.2, 0) is 4.79 Å². The minimum Gasteiger partial charge on any atom is -0.481 e. The first-order chi connectivity index (χ1) is 11.0. The van der Waals surface area contributed by atoms with Gasteiger partial charge in [-0.3, -0.25) is 9.59 Å². The molecule has 2 rings (SSSR count). The molecule has 2 N–H and O–H groups in total. The highest BCUT2D eigenvalue weighted by Crippen LogP contribution is 2.32. The van der Waals surface area contributed by atoms with E-state index in [-0.39, 0.29) is 18.1 Å². The van der Waals surface area contributed by atoms with Crippen molar-refractivity contribution in [1.29, 1.82) is 0 Å². The summed E-state index contributed by atoms with van der Waals surface area (Å²) < 4.78 is 14.6. The van der Waals surface area contributed by atoms with E-state index in [0.717, 1.165) is 4.70 Å². The van der Waals surface area contributed by atoms with Crippen LogP contribution in [0.25, 0.3) is 10.1 Å². The number of hydrogen-bond donors (Lipinski definition) is 2. The molecule has 1 amide bonds. The van der Waals surface area contributed by atoms with Crippen LogP contribution in [0.5, 0.6) is 0 Å². The van der Waals surface area contributed by atoms with Crippen molar-refractivity contribution in [3.63, 3.8) is 0 Å². The molecular formula is C15H16FNO3S3. The van der Waals surface area contributed by atoms with Gasteiger partial charge in [0.05, 0.1) is 11.3 Å². The molecule has 0 radical (unpaired) electrons. The lowest BCUT2D eigenvalue weighted by atomic mass is 10.1. The zero-order valence-electron chi connectivity index (χ0n) is 12.4. The number of nitrogens with one attached hydrogen (secondary N) is 1. The van der Waals surface area contributed by atoms with Crippen LogP contribution in [0.3, 0.4) is 0 Å². The maximum atomic E-state index is 13.8. The van der Waals surface area contributed by atoms with E-state index < -0.39 is 5.97 Å². The fraction of sp³-hybridized carbons (Fsp3) is 0.333. The summed E-state index contributed by atoms with van der Waals surface area (Å²) in [6.07, 6.45) is 0.135. The van der Waals surface area contributed by atoms with Gasteiger partial charge in [0.25, 0.3) is 5.91 Å². The molecule has 0 aliphatic carbocycles. The average Bonchev–Trinajstić information content (AvgIpc) is 2.84. The number of aryl methyl sites for hydroxylation is 1. The minimum atomic E-state index is -0.807. The van der Waals surface area contributed by atoms with E-state index in [0.29, 0.717) is 33.9 Å². The standard InChI is InChI=1S/C15H16FNO3S3/c1-9-13-10(16)3-2-4-11(13)23-14(9)15(20)17-6-8-22-21-7-5-12(18)19/h2-4H,5-8H2,1H3,(H,17,20)(H,18,19). The highest BCUT2D eigenvalue weighted by molar-refractivity contribution is 8.76. The smallest absolute Gasteiger partial charge is 0.304 e. The van der Waals surface area contributed by atoms with Crippen LogP contribution in [0.1, 0.15) is 21.7 Å². The molecule has 0 spiro atoms. The number of thiophene rings is 1. The molecule has 124 valence electrons. The third-order valence-corrected chi connectivity index (χ3v) is 6.73. The van der Waals surface area contributed by atoms with Gasteiger partial charge in [-0.25, -0.2) is 4.39 Å². The Balaban J connectivity index is 1.84. The van der Waals surface area contributed by atoms with Gasteiger partial charge in [-0.2, -0.15) is 0 Å². The largest absolute Gasteiger partial charge is 0.481 e. The monoisotopic (exact) mass is 373 g/mol. The Bertz CT molecular complexity index is 717. The molecule has 1 aromatic heterocycles. The number of benzene rings is 1. The van der Waals surface area contributed by atoms with E-state index in [1.807, 2.05) is 6.07 Å². The van der Waals surface area contributed by atoms with Crippen molar-refractivity contribution in [2.75, 3.05) is 18.1 Å². The lowest BCUT2D eigenvalue weighted by Gasteiger charge is -2.04. The average molecular weight is 373 g/mol. The zero-order chi connectivity index (χ0) is 16.8. The second-order valence-electron chi connectivity index (χ2n) is 4.71. The summed E-state index contributed by atoms with van der Waals surface area (Å²) in [5.74, 6) is -0.0736. The van der Waals surface area contributed by atoms with Gasteiger partial charge in [-0.1, -0.05) is 27.7 Å². The summed E-state index contributed by atoms with van der Waals surface area (Å²) in [6.45, 7) is 2.24. The number of amides is 1. The number of fused-ring (bicyclic) bond motifs is 1. The highest BCUT2D eigenvalue weighted by atomic mass is 33.1. The first-order valence-electron chi connectivity index (χ1n) is 6.92. The van der Waals surface area contributed by atoms with Gasteiger partial charge < -0.3 is 10.4 Å². The van der Waals surface area contributed by atoms with Gasteiger partial charge in [0.1, 0.15) is 5.82 Å². The molecule has 2 aromatic rings. The molecule has 0 bridgehead atoms. The molecule has 0 atom stereocenters. The van der Waals surface area contributed by atoms with Crippen LogP contribution in [0.4, 0.5) is 4.39 Å². The lowest BCUT2D eigenvalue weighted by Crippen LogP contribution is -2.25. The van der Waals surface area contributed by atoms with E-state index in [9.17, 15) is 14.0 Å². The number of carbonyl (C=O) groups is 2. The Morgan fingerprint density at radius 1 is 1.30 bits per heavy atom. The highest BCUT2D eigenvalue weighted by Gasteiger charge is 2.17. The van der Waals surface area contributed by atoms with Gasteiger partial charge in [0, 0.05) is 28.1 Å². The first-order valence-corrected chi connectivity index (χ1v) is 10.2. The van der Waals surface area contributed by atoms with Gasteiger partial charge in [-0.15, -0.1) is 11.3 Å². The van der Waals surface area contributed by atoms with Crippen LogP contribution >= 0.6 is 32.9 Å². The van der Waals surface area contributed by atoms with Crippen LogP contribution < -0.4 is 5.32 Å². The number of halogens is 1. The van der Waals surface area contributed by atoms with E-state index in [4.69, 9.17) is 5.11 Å². The molecule has 23 heavy (non-hydrogen) atoms. The summed E-state index contributed by atoms with van der Waals surface area (Å²) in [5.41, 5.74) is 0.670. The topological polar surface area (TPSA) is 66.4 Å². The number of carbonyl (C=O) groups excluding carboxylic acids is 1. The van der Waals surface area contributed by atoms with Crippen molar-refractivity contribution >= 4 is 54.9 Å². The normalized spacial score (nSPS) is 10.9. The lowest BCUT2D eigenvalue weighted by molar-refractivity contribution is -0.136. The summed E-state index contributed by atoms with van der Waals surface area (Å²) in [6, 6.07) is 4.84. The van der Waals surface area contributed by atoms with E-state index in [2.05, 4.69) is 5.32 Å². The van der Waals surface area contributed by atoms with Crippen molar-refractivity contribution < 1.29 is 19.1 Å². The number of hydrogen-bond acceptors (Lipinski definition) is 5. The second kappa shape index (κ2) is 8.56. The molecule has 0 saturated heterocycles. The van der Waals surface area contributed by atoms with E-state index in [1.54, 1.807) is 13.0 Å². The summed E-state index contributed by atoms with van der Waals surface area (Å²) in [5, 5.41) is 11.8. The molecule has 0 aliphatic heterocycles. The van der Waals surface area contributed by atoms with Crippen molar-refractivity contribution in [3.05, 3.63) is 34.5 Å². The Labute approximate surface area is 145 Å². The Kier molecular flexibility index (Phi) is 6.73. The molecule has 0 saturated carbocycles. The summed E-state index contributed by atoms with van der Waals surface area (Å²) in [7, 11) is 3.00. The molecule has 1 aromatic carbocycles. The third-order valence-electron chi connectivity index (χ3n) is 3.06. The number of aliphatic carboxylic acids is 1. The minimum absolute atomic E-state index is 0.135. The van der Waals surface area contributed by atoms with Crippen molar-refractivity contribution in [2.24, 2.45) is 0 Å². The molecule has 4 nitrogen and oxygen atoms in total. The molecular weight excluding hydrogens is 357 g/mol. The first kappa shape index (κ1) is 18.1. The molecule has 0 fully saturated rings. The van der Waals surface area contributed by atoms with Crippen LogP contribution in [0.2, 0.25) is 0 Å². The third kappa shape index (κ3) is 4.86. The fourth-order valence-electron chi connectivity index (χ4n) is 2.00. The molecule has 0 unspecified atom stereocenters. The van der Waals surface area contributed by atoms with Crippen LogP contribution in [0.15, 0.2) is 18.2 Å². The predicted octanol–water partition coefficient (Wildman–Crippen LogP) is 3.93. The van der Waals surface area contributed by atoms with Crippen molar-refractivity contribution in [1.82, 2.24) is 5.32 Å². The quantitative estimate of drug-likeness (QED) is 0.542. The zero-order valence-corrected chi connectivity index (χ0v) is 14.9. The van der Waals surface area contributed by atoms with Crippen LogP contribution in [-0.4, -0.2) is 35.0 Å². The van der Waals surface area contributed by atoms with Gasteiger partial charge in [-0.05, 0) is 24.6 Å². The molecule has 8 heteroatoms. The summed E-state index contributed by atoms with van der Waals surface area (Å²) in [4.78, 5) is 23.1. The van der Waals surface area contributed by atoms with Crippen LogP contribution in [0, 0.1) is 12.7 Å². The number of carboxylic acids is 1. The fourth-order valence-corrected chi connectivity index (χ4v) is 5.03. The maximum Gasteiger partial charge on any atom is 0.304 e. The second-order valence-corrected chi connectivity index (χ2v) is 8.47. The number of carboxylic acid groups (broad SMARTS) is 1. The Hall–Kier alpha value is -1.25. The molecule has 0 aliphatic rings. The van der Waals surface area contributed by atoms with Gasteiger partial charge in [0.15, 0.2) is 0 Å². The van der Waals surface area contributed by atoms with Gasteiger partial charge in [0.2, 0.25) is 0 Å². The van der Waals surface area contributed by atoms with Crippen molar-refractivity contribution in [2.45, 2.75) is 13.3 Å². The van der Waals surface area contributed by atoms with E-state index in [1.165, 1.54) is 39.0 Å². The molecule has 1 heterocycles. The Morgan fingerprint density at radius 3 is 2.74 bits per heavy atom. The van der Waals surface area contributed by atoms with Gasteiger partial charge >= 0.3 is 5.97 Å². The van der Waals surface area contributed by atoms with E-state index >= 15 is 0 Å². The summed E-state index contributed by atoms with van der Waals surface area (Å²) >= 11 is 1.29.